The second-order valence-electron chi connectivity index (χ2n) is 7.39. The number of benzene rings is 2. The van der Waals surface area contributed by atoms with Crippen molar-refractivity contribution in [2.45, 2.75) is 51.5 Å². The van der Waals surface area contributed by atoms with E-state index >= 15 is 0 Å². The summed E-state index contributed by atoms with van der Waals surface area (Å²) in [5.41, 5.74) is 3.39. The first-order valence-electron chi connectivity index (χ1n) is 10.1. The summed E-state index contributed by atoms with van der Waals surface area (Å²) < 4.78 is 23.7. The van der Waals surface area contributed by atoms with Crippen molar-refractivity contribution in [3.05, 3.63) is 70.0 Å². The van der Waals surface area contributed by atoms with Crippen molar-refractivity contribution >= 4 is 19.2 Å². The van der Waals surface area contributed by atoms with Crippen molar-refractivity contribution in [2.75, 3.05) is 12.7 Å². The largest absolute Gasteiger partial charge is 0.325 e. The minimum atomic E-state index is -3.90. The van der Waals surface area contributed by atoms with Gasteiger partial charge in [-0.1, -0.05) is 48.7 Å². The number of hydrogen-bond donors (Lipinski definition) is 3. The molecular formula is C22H30ClFNO3P. The van der Waals surface area contributed by atoms with E-state index in [2.05, 4.69) is 11.4 Å². The molecule has 7 heteroatoms. The lowest BCUT2D eigenvalue weighted by Crippen LogP contribution is -2.15. The molecule has 29 heavy (non-hydrogen) atoms. The van der Waals surface area contributed by atoms with Gasteiger partial charge in [0.1, 0.15) is 5.82 Å². The zero-order valence-corrected chi connectivity index (χ0v) is 18.3. The minimum absolute atomic E-state index is 0.0937. The van der Waals surface area contributed by atoms with Gasteiger partial charge >= 0.3 is 7.60 Å². The van der Waals surface area contributed by atoms with Crippen LogP contribution in [0.2, 0.25) is 5.02 Å². The Hall–Kier alpha value is -1.23. The van der Waals surface area contributed by atoms with Gasteiger partial charge in [-0.25, -0.2) is 4.39 Å². The van der Waals surface area contributed by atoms with Crippen molar-refractivity contribution in [2.24, 2.45) is 0 Å². The van der Waals surface area contributed by atoms with Crippen LogP contribution in [0.3, 0.4) is 0 Å². The molecule has 160 valence electrons. The second-order valence-corrected chi connectivity index (χ2v) is 9.57. The van der Waals surface area contributed by atoms with Crippen LogP contribution in [0.4, 0.5) is 4.39 Å². The molecule has 0 fully saturated rings. The lowest BCUT2D eigenvalue weighted by atomic mass is 10.0. The van der Waals surface area contributed by atoms with E-state index in [1.165, 1.54) is 17.7 Å². The third kappa shape index (κ3) is 10.4. The maximum absolute atomic E-state index is 12.9. The van der Waals surface area contributed by atoms with Crippen molar-refractivity contribution in [3.8, 4) is 0 Å². The summed E-state index contributed by atoms with van der Waals surface area (Å²) in [7, 11) is -3.90. The van der Waals surface area contributed by atoms with E-state index < -0.39 is 7.60 Å². The minimum Gasteiger partial charge on any atom is -0.324 e. The highest BCUT2D eigenvalue weighted by atomic mass is 35.5. The van der Waals surface area contributed by atoms with E-state index in [4.69, 9.17) is 21.4 Å². The van der Waals surface area contributed by atoms with E-state index in [1.54, 1.807) is 0 Å². The van der Waals surface area contributed by atoms with E-state index in [0.29, 0.717) is 19.5 Å². The Morgan fingerprint density at radius 2 is 1.55 bits per heavy atom. The molecule has 0 unspecified atom stereocenters. The standard InChI is InChI=1S/C22H30ClFNO3P/c23-22-16-19(17-25-14-5-15-29(26,27)28)8-11-20(22)7-4-2-1-3-6-18-9-12-21(24)13-10-18/h8-13,16,25H,1-7,14-15,17H2,(H2,26,27,28). The predicted octanol–water partition coefficient (Wildman–Crippen LogP) is 5.48. The molecule has 4 nitrogen and oxygen atoms in total. The smallest absolute Gasteiger partial charge is 0.324 e. The molecule has 0 atom stereocenters. The first-order valence-corrected chi connectivity index (χ1v) is 12.3. The highest BCUT2D eigenvalue weighted by molar-refractivity contribution is 7.51. The van der Waals surface area contributed by atoms with Crippen LogP contribution in [-0.4, -0.2) is 22.5 Å². The van der Waals surface area contributed by atoms with Gasteiger partial charge in [-0.2, -0.15) is 0 Å². The summed E-state index contributed by atoms with van der Waals surface area (Å²) in [6.07, 6.45) is 6.75. The van der Waals surface area contributed by atoms with Crippen molar-refractivity contribution in [1.82, 2.24) is 5.32 Å². The third-order valence-electron chi connectivity index (χ3n) is 4.82. The fourth-order valence-corrected chi connectivity index (χ4v) is 4.06. The highest BCUT2D eigenvalue weighted by Crippen LogP contribution is 2.34. The Morgan fingerprint density at radius 1 is 0.897 bits per heavy atom. The Labute approximate surface area is 177 Å². The number of rotatable bonds is 13. The van der Waals surface area contributed by atoms with Gasteiger partial charge in [0, 0.05) is 11.6 Å². The summed E-state index contributed by atoms with van der Waals surface area (Å²) in [6, 6.07) is 12.8. The lowest BCUT2D eigenvalue weighted by Gasteiger charge is -2.09. The molecule has 2 aromatic carbocycles. The molecule has 0 aliphatic heterocycles. The number of aryl methyl sites for hydroxylation is 2. The SMILES string of the molecule is O=P(O)(O)CCCNCc1ccc(CCCCCCc2ccc(F)cc2)c(Cl)c1. The van der Waals surface area contributed by atoms with Crippen LogP contribution in [-0.2, 0) is 24.0 Å². The van der Waals surface area contributed by atoms with Crippen molar-refractivity contribution in [3.63, 3.8) is 0 Å². The molecule has 2 aromatic rings. The fourth-order valence-electron chi connectivity index (χ4n) is 3.20. The zero-order valence-electron chi connectivity index (χ0n) is 16.6. The average Bonchev–Trinajstić information content (AvgIpc) is 2.66. The van der Waals surface area contributed by atoms with Crippen molar-refractivity contribution in [1.29, 1.82) is 0 Å². The van der Waals surface area contributed by atoms with Crippen LogP contribution in [0.25, 0.3) is 0 Å². The molecular weight excluding hydrogens is 412 g/mol. The Bertz CT molecular complexity index is 795. The van der Waals surface area contributed by atoms with E-state index in [9.17, 15) is 8.96 Å². The molecule has 3 N–H and O–H groups in total. The van der Waals surface area contributed by atoms with Crippen molar-refractivity contribution < 1.29 is 18.7 Å². The number of hydrogen-bond acceptors (Lipinski definition) is 2. The van der Waals surface area contributed by atoms with Gasteiger partial charge in [0.15, 0.2) is 0 Å². The van der Waals surface area contributed by atoms with Gasteiger partial charge in [-0.15, -0.1) is 0 Å². The Balaban J connectivity index is 1.60. The fraction of sp³-hybridized carbons (Fsp3) is 0.455. The number of halogens is 2. The molecule has 0 spiro atoms. The summed E-state index contributed by atoms with van der Waals surface area (Å²) in [5, 5.41) is 3.95. The van der Waals surface area contributed by atoms with E-state index in [0.717, 1.165) is 54.7 Å². The van der Waals surface area contributed by atoms with E-state index in [1.807, 2.05) is 24.3 Å². The quantitative estimate of drug-likeness (QED) is 0.284. The van der Waals surface area contributed by atoms with Crippen LogP contribution in [0, 0.1) is 5.82 Å². The molecule has 0 aliphatic carbocycles. The normalized spacial score (nSPS) is 11.7. The summed E-state index contributed by atoms with van der Waals surface area (Å²) >= 11 is 6.40. The Kier molecular flexibility index (Phi) is 10.3. The molecule has 0 saturated carbocycles. The van der Waals surface area contributed by atoms with Gasteiger partial charge in [-0.05, 0) is 73.5 Å². The molecule has 0 saturated heterocycles. The molecule has 0 aliphatic rings. The summed E-state index contributed by atoms with van der Waals surface area (Å²) in [5.74, 6) is -0.188. The van der Waals surface area contributed by atoms with Crippen LogP contribution < -0.4 is 5.32 Å². The van der Waals surface area contributed by atoms with Crippen LogP contribution in [0.15, 0.2) is 42.5 Å². The second kappa shape index (κ2) is 12.5. The first-order chi connectivity index (χ1) is 13.8. The zero-order chi connectivity index (χ0) is 21.1. The molecule has 2 rings (SSSR count). The van der Waals surface area contributed by atoms with Gasteiger partial charge in [0.05, 0.1) is 6.16 Å². The Morgan fingerprint density at radius 3 is 2.21 bits per heavy atom. The van der Waals surface area contributed by atoms with Gasteiger partial charge in [-0.3, -0.25) is 4.57 Å². The predicted molar refractivity (Wildman–Crippen MR) is 117 cm³/mol. The number of nitrogens with one attached hydrogen (secondary N) is 1. The van der Waals surface area contributed by atoms with Crippen LogP contribution in [0.1, 0.15) is 48.8 Å². The summed E-state index contributed by atoms with van der Waals surface area (Å²) in [4.78, 5) is 17.7. The number of unbranched alkanes of at least 4 members (excludes halogenated alkanes) is 3. The molecule has 0 amide bonds. The average molecular weight is 442 g/mol. The molecule has 0 aromatic heterocycles. The monoisotopic (exact) mass is 441 g/mol. The maximum Gasteiger partial charge on any atom is 0.325 e. The van der Waals surface area contributed by atoms with Gasteiger partial charge in [0.2, 0.25) is 0 Å². The van der Waals surface area contributed by atoms with Crippen LogP contribution >= 0.6 is 19.2 Å². The third-order valence-corrected chi connectivity index (χ3v) is 6.08. The first kappa shape index (κ1) is 24.0. The van der Waals surface area contributed by atoms with Crippen LogP contribution in [0.5, 0.6) is 0 Å². The maximum atomic E-state index is 12.9. The van der Waals surface area contributed by atoms with Gasteiger partial charge in [0.25, 0.3) is 0 Å². The lowest BCUT2D eigenvalue weighted by molar-refractivity contribution is 0.371. The van der Waals surface area contributed by atoms with Gasteiger partial charge < -0.3 is 15.1 Å². The topological polar surface area (TPSA) is 69.6 Å². The van der Waals surface area contributed by atoms with E-state index in [-0.39, 0.29) is 12.0 Å². The molecule has 0 heterocycles. The highest BCUT2D eigenvalue weighted by Gasteiger charge is 2.11. The molecule has 0 radical (unpaired) electrons. The summed E-state index contributed by atoms with van der Waals surface area (Å²) in [6.45, 7) is 1.19. The molecule has 0 bridgehead atoms.